The van der Waals surface area contributed by atoms with E-state index in [9.17, 15) is 23.2 Å². The molecular formula is C16H8F3N3O2S. The summed E-state index contributed by atoms with van der Waals surface area (Å²) in [4.78, 5) is 20.2. The number of halogens is 3. The fourth-order valence-electron chi connectivity index (χ4n) is 2.05. The highest BCUT2D eigenvalue weighted by Gasteiger charge is 2.32. The van der Waals surface area contributed by atoms with Crippen LogP contribution in [0.1, 0.15) is 27.7 Å². The largest absolute Gasteiger partial charge is 0.462 e. The molecule has 0 spiro atoms. The number of furan rings is 1. The minimum absolute atomic E-state index is 0.0321. The van der Waals surface area contributed by atoms with Crippen LogP contribution in [0.4, 0.5) is 13.2 Å². The number of nitrogens with zero attached hydrogens (tertiary/aromatic N) is 3. The number of nitriles is 1. The lowest BCUT2D eigenvalue weighted by molar-refractivity contribution is -0.137. The molecule has 3 aromatic heterocycles. The number of aromatic nitrogens is 2. The van der Waals surface area contributed by atoms with E-state index >= 15 is 0 Å². The van der Waals surface area contributed by atoms with E-state index in [0.717, 1.165) is 23.5 Å². The first-order valence-electron chi connectivity index (χ1n) is 6.86. The molecule has 0 amide bonds. The molecule has 0 N–H and O–H groups in total. The predicted octanol–water partition coefficient (Wildman–Crippen LogP) is 4.31. The fraction of sp³-hybridized carbons (Fsp3) is 0.125. The van der Waals surface area contributed by atoms with Gasteiger partial charge in [-0.15, -0.1) is 11.3 Å². The zero-order chi connectivity index (χ0) is 18.0. The van der Waals surface area contributed by atoms with Crippen molar-refractivity contribution >= 4 is 17.1 Å². The first-order chi connectivity index (χ1) is 11.9. The summed E-state index contributed by atoms with van der Waals surface area (Å²) < 4.78 is 42.9. The topological polar surface area (TPSA) is 79.8 Å². The number of hydrogen-bond acceptors (Lipinski definition) is 6. The monoisotopic (exact) mass is 363 g/mol. The summed E-state index contributed by atoms with van der Waals surface area (Å²) in [6.45, 7) is 0. The van der Waals surface area contributed by atoms with Crippen LogP contribution in [0.25, 0.3) is 10.8 Å². The Labute approximate surface area is 143 Å². The van der Waals surface area contributed by atoms with E-state index < -0.39 is 23.4 Å². The van der Waals surface area contributed by atoms with Crippen LogP contribution < -0.4 is 0 Å². The summed E-state index contributed by atoms with van der Waals surface area (Å²) in [6.07, 6.45) is -2.48. The van der Waals surface area contributed by atoms with Gasteiger partial charge in [-0.05, 0) is 24.3 Å². The maximum Gasteiger partial charge on any atom is 0.417 e. The minimum atomic E-state index is -4.54. The van der Waals surface area contributed by atoms with Gasteiger partial charge in [0.05, 0.1) is 23.6 Å². The predicted molar refractivity (Wildman–Crippen MR) is 81.7 cm³/mol. The number of Topliss-reactive ketones (excluding diaryl/α,β-unsaturated/α-hetero) is 1. The molecule has 0 aromatic carbocycles. The number of carbonyl (C=O) groups excluding carboxylic acids is 1. The van der Waals surface area contributed by atoms with Crippen molar-refractivity contribution in [2.24, 2.45) is 0 Å². The molecule has 3 aromatic rings. The molecule has 0 aliphatic rings. The molecule has 0 saturated heterocycles. The number of hydrogen-bond donors (Lipinski definition) is 0. The maximum atomic E-state index is 12.6. The smallest absolute Gasteiger partial charge is 0.417 e. The second kappa shape index (κ2) is 6.49. The van der Waals surface area contributed by atoms with Crippen molar-refractivity contribution in [3.63, 3.8) is 0 Å². The van der Waals surface area contributed by atoms with E-state index in [1.165, 1.54) is 11.6 Å². The average Bonchev–Trinajstić information content (AvgIpc) is 3.26. The molecule has 3 rings (SSSR count). The van der Waals surface area contributed by atoms with Gasteiger partial charge < -0.3 is 4.42 Å². The SMILES string of the molecule is N#C[C@H](C(=O)c1csc(-c2ccco2)n1)c1ccc(C(F)(F)F)cn1. The fourth-order valence-corrected chi connectivity index (χ4v) is 2.83. The van der Waals surface area contributed by atoms with E-state index in [1.807, 2.05) is 0 Å². The third kappa shape index (κ3) is 3.44. The van der Waals surface area contributed by atoms with Gasteiger partial charge >= 0.3 is 6.18 Å². The van der Waals surface area contributed by atoms with Crippen LogP contribution in [-0.4, -0.2) is 15.8 Å². The number of rotatable bonds is 4. The van der Waals surface area contributed by atoms with Gasteiger partial charge in [0.15, 0.2) is 16.7 Å². The van der Waals surface area contributed by atoms with Crippen LogP contribution in [0, 0.1) is 11.3 Å². The summed E-state index contributed by atoms with van der Waals surface area (Å²) in [5.41, 5.74) is -0.980. The summed E-state index contributed by atoms with van der Waals surface area (Å²) in [6, 6.07) is 6.92. The van der Waals surface area contributed by atoms with Gasteiger partial charge in [-0.3, -0.25) is 9.78 Å². The molecule has 0 saturated carbocycles. The molecule has 126 valence electrons. The molecule has 5 nitrogen and oxygen atoms in total. The van der Waals surface area contributed by atoms with E-state index in [0.29, 0.717) is 17.0 Å². The Morgan fingerprint density at radius 2 is 2.12 bits per heavy atom. The van der Waals surface area contributed by atoms with Crippen molar-refractivity contribution in [3.05, 3.63) is 59.1 Å². The molecule has 0 fully saturated rings. The number of ketones is 1. The molecule has 25 heavy (non-hydrogen) atoms. The van der Waals surface area contributed by atoms with E-state index in [4.69, 9.17) is 4.42 Å². The van der Waals surface area contributed by atoms with E-state index in [-0.39, 0.29) is 11.4 Å². The molecule has 1 atom stereocenters. The lowest BCUT2D eigenvalue weighted by atomic mass is 9.99. The number of pyridine rings is 1. The molecule has 0 aliphatic heterocycles. The van der Waals surface area contributed by atoms with Crippen LogP contribution in [0.3, 0.4) is 0 Å². The molecule has 0 aliphatic carbocycles. The maximum absolute atomic E-state index is 12.6. The number of alkyl halides is 3. The molecule has 0 bridgehead atoms. The second-order valence-electron chi connectivity index (χ2n) is 4.91. The Balaban J connectivity index is 1.86. The van der Waals surface area contributed by atoms with Gasteiger partial charge in [-0.25, -0.2) is 4.98 Å². The van der Waals surface area contributed by atoms with Gasteiger partial charge in [-0.1, -0.05) is 0 Å². The lowest BCUT2D eigenvalue weighted by Gasteiger charge is -2.09. The molecule has 0 unspecified atom stereocenters. The molecule has 3 heterocycles. The van der Waals surface area contributed by atoms with E-state index in [1.54, 1.807) is 18.2 Å². The summed E-state index contributed by atoms with van der Waals surface area (Å²) >= 11 is 1.16. The van der Waals surface area contributed by atoms with Gasteiger partial charge in [0.1, 0.15) is 5.69 Å². The van der Waals surface area contributed by atoms with Gasteiger partial charge in [-0.2, -0.15) is 18.4 Å². The first kappa shape index (κ1) is 16.9. The Hall–Kier alpha value is -2.99. The van der Waals surface area contributed by atoms with Crippen LogP contribution in [0.15, 0.2) is 46.5 Å². The van der Waals surface area contributed by atoms with Crippen molar-refractivity contribution in [1.29, 1.82) is 5.26 Å². The third-order valence-electron chi connectivity index (χ3n) is 3.29. The Kier molecular flexibility index (Phi) is 4.37. The average molecular weight is 363 g/mol. The summed E-state index contributed by atoms with van der Waals surface area (Å²) in [7, 11) is 0. The van der Waals surface area contributed by atoms with Crippen LogP contribution in [0.5, 0.6) is 0 Å². The lowest BCUT2D eigenvalue weighted by Crippen LogP contribution is -2.14. The van der Waals surface area contributed by atoms with Crippen LogP contribution >= 0.6 is 11.3 Å². The zero-order valence-corrected chi connectivity index (χ0v) is 13.1. The molecular weight excluding hydrogens is 355 g/mol. The molecule has 9 heteroatoms. The van der Waals surface area contributed by atoms with Crippen molar-refractivity contribution in [2.75, 3.05) is 0 Å². The third-order valence-corrected chi connectivity index (χ3v) is 4.15. The highest BCUT2D eigenvalue weighted by molar-refractivity contribution is 7.13. The summed E-state index contributed by atoms with van der Waals surface area (Å²) in [5.74, 6) is -1.50. The highest BCUT2D eigenvalue weighted by atomic mass is 32.1. The Bertz CT molecular complexity index is 925. The van der Waals surface area contributed by atoms with Crippen LogP contribution in [0.2, 0.25) is 0 Å². The zero-order valence-electron chi connectivity index (χ0n) is 12.3. The number of carbonyl (C=O) groups is 1. The quantitative estimate of drug-likeness (QED) is 0.646. The number of thiazole rings is 1. The van der Waals surface area contributed by atoms with Gasteiger partial charge in [0, 0.05) is 11.6 Å². The van der Waals surface area contributed by atoms with Crippen molar-refractivity contribution in [3.8, 4) is 16.8 Å². The van der Waals surface area contributed by atoms with Crippen LogP contribution in [-0.2, 0) is 6.18 Å². The van der Waals surface area contributed by atoms with E-state index in [2.05, 4.69) is 9.97 Å². The minimum Gasteiger partial charge on any atom is -0.462 e. The Morgan fingerprint density at radius 1 is 1.32 bits per heavy atom. The molecule has 0 radical (unpaired) electrons. The van der Waals surface area contributed by atoms with Crippen molar-refractivity contribution in [2.45, 2.75) is 12.1 Å². The second-order valence-corrected chi connectivity index (χ2v) is 5.77. The highest BCUT2D eigenvalue weighted by Crippen LogP contribution is 2.30. The van der Waals surface area contributed by atoms with Gasteiger partial charge in [0.2, 0.25) is 5.78 Å². The normalized spacial score (nSPS) is 12.6. The van der Waals surface area contributed by atoms with Crippen molar-refractivity contribution < 1.29 is 22.4 Å². The first-order valence-corrected chi connectivity index (χ1v) is 7.74. The van der Waals surface area contributed by atoms with Crippen molar-refractivity contribution in [1.82, 2.24) is 9.97 Å². The van der Waals surface area contributed by atoms with Gasteiger partial charge in [0.25, 0.3) is 0 Å². The standard InChI is InChI=1S/C16H8F3N3O2S/c17-16(18,19)9-3-4-11(21-7-9)10(6-20)14(23)12-8-25-15(22-12)13-2-1-5-24-13/h1-5,7-8,10H/t10-/m0/s1. The summed E-state index contributed by atoms with van der Waals surface area (Å²) in [5, 5.41) is 11.2. The Morgan fingerprint density at radius 3 is 2.68 bits per heavy atom.